The Balaban J connectivity index is 2.99. The number of rotatable bonds is 5. The molecular weight excluding hydrogens is 222 g/mol. The molecule has 0 N–H and O–H groups in total. The number of nitrogens with zero attached hydrogens (tertiary/aromatic N) is 1. The van der Waals surface area contributed by atoms with E-state index >= 15 is 0 Å². The average molecular weight is 237 g/mol. The van der Waals surface area contributed by atoms with Crippen molar-refractivity contribution in [1.29, 1.82) is 0 Å². The lowest BCUT2D eigenvalue weighted by Crippen LogP contribution is -2.19. The largest absolute Gasteiger partial charge is 0.462 e. The number of carbonyl (C=O) groups is 2. The van der Waals surface area contributed by atoms with Gasteiger partial charge in [-0.15, -0.1) is 0 Å². The first-order valence-corrected chi connectivity index (χ1v) is 5.19. The van der Waals surface area contributed by atoms with Gasteiger partial charge in [0.2, 0.25) is 5.78 Å². The molecular formula is C12H15NO4. The summed E-state index contributed by atoms with van der Waals surface area (Å²) in [7, 11) is 3.43. The van der Waals surface area contributed by atoms with Gasteiger partial charge in [-0.3, -0.25) is 4.79 Å². The minimum atomic E-state index is -0.650. The molecule has 1 aromatic rings. The number of hydrogen-bond acceptors (Lipinski definition) is 5. The predicted molar refractivity (Wildman–Crippen MR) is 61.4 cm³/mol. The summed E-state index contributed by atoms with van der Waals surface area (Å²) in [5.74, 6) is -1.02. The first-order chi connectivity index (χ1) is 8.06. The zero-order valence-corrected chi connectivity index (χ0v) is 10.1. The van der Waals surface area contributed by atoms with Crippen molar-refractivity contribution in [2.24, 2.45) is 0 Å². The SMILES string of the molecule is CCOC(=O)/C(=C\N(C)C)C(=O)c1ccco1. The van der Waals surface area contributed by atoms with Gasteiger partial charge in [-0.2, -0.15) is 0 Å². The van der Waals surface area contributed by atoms with E-state index in [-0.39, 0.29) is 17.9 Å². The van der Waals surface area contributed by atoms with E-state index in [1.165, 1.54) is 18.5 Å². The number of carbonyl (C=O) groups excluding carboxylic acids is 2. The highest BCUT2D eigenvalue weighted by atomic mass is 16.5. The minimum absolute atomic E-state index is 0.0493. The van der Waals surface area contributed by atoms with Crippen LogP contribution in [0, 0.1) is 0 Å². The van der Waals surface area contributed by atoms with Gasteiger partial charge in [-0.25, -0.2) is 4.79 Å². The zero-order chi connectivity index (χ0) is 12.8. The molecule has 0 saturated heterocycles. The van der Waals surface area contributed by atoms with Crippen molar-refractivity contribution in [3.8, 4) is 0 Å². The van der Waals surface area contributed by atoms with Crippen LogP contribution in [-0.4, -0.2) is 37.4 Å². The number of Topliss-reactive ketones (excluding diaryl/α,β-unsaturated/α-hetero) is 1. The molecule has 5 heteroatoms. The van der Waals surface area contributed by atoms with Crippen LogP contribution in [0.3, 0.4) is 0 Å². The molecule has 0 aliphatic heterocycles. The van der Waals surface area contributed by atoms with Crippen molar-refractivity contribution in [2.75, 3.05) is 20.7 Å². The van der Waals surface area contributed by atoms with Crippen molar-refractivity contribution in [3.63, 3.8) is 0 Å². The summed E-state index contributed by atoms with van der Waals surface area (Å²) in [6, 6.07) is 3.09. The summed E-state index contributed by atoms with van der Waals surface area (Å²) in [4.78, 5) is 25.2. The fourth-order valence-electron chi connectivity index (χ4n) is 1.21. The quantitative estimate of drug-likeness (QED) is 0.255. The van der Waals surface area contributed by atoms with E-state index in [1.54, 1.807) is 32.0 Å². The fraction of sp³-hybridized carbons (Fsp3) is 0.333. The second kappa shape index (κ2) is 5.89. The number of ether oxygens (including phenoxy) is 1. The molecule has 1 aromatic heterocycles. The third-order valence-electron chi connectivity index (χ3n) is 1.87. The lowest BCUT2D eigenvalue weighted by Gasteiger charge is -2.09. The van der Waals surface area contributed by atoms with Gasteiger partial charge in [0.1, 0.15) is 5.57 Å². The van der Waals surface area contributed by atoms with Crippen LogP contribution in [0.1, 0.15) is 17.5 Å². The van der Waals surface area contributed by atoms with E-state index in [0.29, 0.717) is 0 Å². The first kappa shape index (κ1) is 13.0. The number of furan rings is 1. The van der Waals surface area contributed by atoms with Crippen LogP contribution in [-0.2, 0) is 9.53 Å². The molecule has 0 atom stereocenters. The van der Waals surface area contributed by atoms with Crippen molar-refractivity contribution >= 4 is 11.8 Å². The Morgan fingerprint density at radius 1 is 1.47 bits per heavy atom. The highest BCUT2D eigenvalue weighted by Crippen LogP contribution is 2.11. The molecule has 0 radical (unpaired) electrons. The normalized spacial score (nSPS) is 11.1. The number of hydrogen-bond donors (Lipinski definition) is 0. The van der Waals surface area contributed by atoms with Crippen LogP contribution in [0.25, 0.3) is 0 Å². The second-order valence-electron chi connectivity index (χ2n) is 3.53. The van der Waals surface area contributed by atoms with Gasteiger partial charge in [-0.1, -0.05) is 0 Å². The molecule has 0 saturated carbocycles. The Morgan fingerprint density at radius 2 is 2.18 bits per heavy atom. The van der Waals surface area contributed by atoms with Crippen LogP contribution in [0.15, 0.2) is 34.6 Å². The topological polar surface area (TPSA) is 59.8 Å². The van der Waals surface area contributed by atoms with Crippen LogP contribution in [0.2, 0.25) is 0 Å². The highest BCUT2D eigenvalue weighted by molar-refractivity contribution is 6.23. The molecule has 0 aliphatic rings. The van der Waals surface area contributed by atoms with Crippen molar-refractivity contribution in [2.45, 2.75) is 6.92 Å². The van der Waals surface area contributed by atoms with E-state index in [9.17, 15) is 9.59 Å². The molecule has 1 heterocycles. The molecule has 1 rings (SSSR count). The van der Waals surface area contributed by atoms with E-state index < -0.39 is 11.8 Å². The average Bonchev–Trinajstić information content (AvgIpc) is 2.78. The van der Waals surface area contributed by atoms with Gasteiger partial charge in [0.05, 0.1) is 12.9 Å². The highest BCUT2D eigenvalue weighted by Gasteiger charge is 2.23. The summed E-state index contributed by atoms with van der Waals surface area (Å²) in [6.45, 7) is 1.90. The Bertz CT molecular complexity index is 418. The van der Waals surface area contributed by atoms with E-state index in [1.807, 2.05) is 0 Å². The van der Waals surface area contributed by atoms with Crippen LogP contribution in [0.5, 0.6) is 0 Å². The van der Waals surface area contributed by atoms with Crippen molar-refractivity contribution in [3.05, 3.63) is 35.9 Å². The van der Waals surface area contributed by atoms with Crippen molar-refractivity contribution in [1.82, 2.24) is 4.90 Å². The van der Waals surface area contributed by atoms with Crippen LogP contribution >= 0.6 is 0 Å². The summed E-state index contributed by atoms with van der Waals surface area (Å²) >= 11 is 0. The maximum Gasteiger partial charge on any atom is 0.343 e. The summed E-state index contributed by atoms with van der Waals surface area (Å²) in [5.41, 5.74) is -0.0493. The van der Waals surface area contributed by atoms with Gasteiger partial charge < -0.3 is 14.1 Å². The van der Waals surface area contributed by atoms with Gasteiger partial charge >= 0.3 is 5.97 Å². The fourth-order valence-corrected chi connectivity index (χ4v) is 1.21. The molecule has 17 heavy (non-hydrogen) atoms. The van der Waals surface area contributed by atoms with Crippen LogP contribution in [0.4, 0.5) is 0 Å². The van der Waals surface area contributed by atoms with Gasteiger partial charge in [0.15, 0.2) is 5.76 Å². The lowest BCUT2D eigenvalue weighted by molar-refractivity contribution is -0.138. The van der Waals surface area contributed by atoms with Crippen LogP contribution < -0.4 is 0 Å². The van der Waals surface area contributed by atoms with Gasteiger partial charge in [0, 0.05) is 20.3 Å². The Kier molecular flexibility index (Phi) is 4.51. The second-order valence-corrected chi connectivity index (χ2v) is 3.53. The lowest BCUT2D eigenvalue weighted by atomic mass is 10.1. The van der Waals surface area contributed by atoms with Gasteiger partial charge in [0.25, 0.3) is 0 Å². The third-order valence-corrected chi connectivity index (χ3v) is 1.87. The molecule has 92 valence electrons. The number of esters is 1. The molecule has 0 spiro atoms. The van der Waals surface area contributed by atoms with Crippen molar-refractivity contribution < 1.29 is 18.7 Å². The molecule has 0 fully saturated rings. The smallest absolute Gasteiger partial charge is 0.343 e. The Labute approximate surface area is 99.7 Å². The molecule has 0 amide bonds. The van der Waals surface area contributed by atoms with Gasteiger partial charge in [-0.05, 0) is 19.1 Å². The standard InChI is InChI=1S/C12H15NO4/c1-4-16-12(15)9(8-13(2)3)11(14)10-6-5-7-17-10/h5-8H,4H2,1-3H3/b9-8-. The Morgan fingerprint density at radius 3 is 2.65 bits per heavy atom. The molecule has 0 aromatic carbocycles. The summed E-state index contributed by atoms with van der Waals surface area (Å²) in [5, 5.41) is 0. The summed E-state index contributed by atoms with van der Waals surface area (Å²) in [6.07, 6.45) is 2.80. The minimum Gasteiger partial charge on any atom is -0.462 e. The zero-order valence-electron chi connectivity index (χ0n) is 10.1. The van der Waals surface area contributed by atoms with E-state index in [4.69, 9.17) is 9.15 Å². The molecule has 0 unspecified atom stereocenters. The molecule has 0 bridgehead atoms. The predicted octanol–water partition coefficient (Wildman–Crippen LogP) is 1.47. The summed E-state index contributed by atoms with van der Waals surface area (Å²) < 4.78 is 9.80. The molecule has 0 aliphatic carbocycles. The van der Waals surface area contributed by atoms with E-state index in [0.717, 1.165) is 0 Å². The maximum atomic E-state index is 12.0. The third kappa shape index (κ3) is 3.48. The molecule has 5 nitrogen and oxygen atoms in total. The first-order valence-electron chi connectivity index (χ1n) is 5.19. The van der Waals surface area contributed by atoms with E-state index in [2.05, 4.69) is 0 Å². The Hall–Kier alpha value is -2.04. The maximum absolute atomic E-state index is 12.0. The monoisotopic (exact) mass is 237 g/mol. The number of ketones is 1.